The number of pyridine rings is 1. The molecule has 0 aliphatic rings. The average molecular weight is 226 g/mol. The van der Waals surface area contributed by atoms with E-state index in [4.69, 9.17) is 5.73 Å². The van der Waals surface area contributed by atoms with Crippen LogP contribution in [-0.2, 0) is 0 Å². The van der Waals surface area contributed by atoms with E-state index in [2.05, 4.69) is 4.98 Å². The largest absolute Gasteiger partial charge is 0.366 e. The Morgan fingerprint density at radius 1 is 1.18 bits per heavy atom. The Balaban J connectivity index is 2.48. The van der Waals surface area contributed by atoms with E-state index < -0.39 is 5.91 Å². The topological polar surface area (TPSA) is 56.0 Å². The van der Waals surface area contributed by atoms with Crippen molar-refractivity contribution in [2.75, 3.05) is 0 Å². The molecule has 0 atom stereocenters. The first kappa shape index (κ1) is 11.3. The van der Waals surface area contributed by atoms with Crippen LogP contribution in [0.1, 0.15) is 21.5 Å². The first-order chi connectivity index (χ1) is 8.08. The molecule has 0 bridgehead atoms. The first-order valence-electron chi connectivity index (χ1n) is 5.41. The molecule has 0 radical (unpaired) electrons. The van der Waals surface area contributed by atoms with Gasteiger partial charge in [-0.05, 0) is 49.2 Å². The van der Waals surface area contributed by atoms with E-state index in [1.807, 2.05) is 38.1 Å². The molecule has 0 spiro atoms. The molecule has 0 aliphatic carbocycles. The standard InChI is InChI=1S/C14H14N2O/c1-9-5-6-16-13(7-9)11-3-4-12(14(15)17)10(2)8-11/h3-8H,1-2H3,(H2,15,17). The molecule has 0 aliphatic heterocycles. The van der Waals surface area contributed by atoms with Gasteiger partial charge in [-0.2, -0.15) is 0 Å². The lowest BCUT2D eigenvalue weighted by molar-refractivity contribution is 0.1000. The minimum atomic E-state index is -0.397. The fraction of sp³-hybridized carbons (Fsp3) is 0.143. The highest BCUT2D eigenvalue weighted by molar-refractivity contribution is 5.94. The van der Waals surface area contributed by atoms with Gasteiger partial charge in [0.25, 0.3) is 0 Å². The number of rotatable bonds is 2. The molecule has 0 saturated carbocycles. The monoisotopic (exact) mass is 226 g/mol. The number of hydrogen-bond donors (Lipinski definition) is 1. The van der Waals surface area contributed by atoms with Crippen molar-refractivity contribution in [1.82, 2.24) is 4.98 Å². The van der Waals surface area contributed by atoms with E-state index in [0.29, 0.717) is 5.56 Å². The number of hydrogen-bond acceptors (Lipinski definition) is 2. The van der Waals surface area contributed by atoms with Crippen LogP contribution in [0.2, 0.25) is 0 Å². The molecule has 3 heteroatoms. The van der Waals surface area contributed by atoms with Gasteiger partial charge in [-0.25, -0.2) is 0 Å². The van der Waals surface area contributed by atoms with E-state index in [1.54, 1.807) is 12.3 Å². The number of aromatic nitrogens is 1. The van der Waals surface area contributed by atoms with Crippen LogP contribution in [-0.4, -0.2) is 10.9 Å². The minimum absolute atomic E-state index is 0.397. The van der Waals surface area contributed by atoms with Crippen molar-refractivity contribution in [3.8, 4) is 11.3 Å². The van der Waals surface area contributed by atoms with Crippen molar-refractivity contribution in [2.24, 2.45) is 5.73 Å². The molecule has 1 heterocycles. The lowest BCUT2D eigenvalue weighted by Gasteiger charge is -2.06. The molecule has 1 aromatic heterocycles. The zero-order valence-corrected chi connectivity index (χ0v) is 9.90. The summed E-state index contributed by atoms with van der Waals surface area (Å²) in [6, 6.07) is 9.51. The van der Waals surface area contributed by atoms with Crippen LogP contribution in [0.5, 0.6) is 0 Å². The Labute approximate surface area is 100 Å². The molecule has 1 aromatic carbocycles. The molecule has 86 valence electrons. The van der Waals surface area contributed by atoms with E-state index in [1.165, 1.54) is 0 Å². The van der Waals surface area contributed by atoms with Crippen LogP contribution in [0.15, 0.2) is 36.5 Å². The van der Waals surface area contributed by atoms with Crippen molar-refractivity contribution in [1.29, 1.82) is 0 Å². The van der Waals surface area contributed by atoms with Crippen molar-refractivity contribution in [3.05, 3.63) is 53.2 Å². The SMILES string of the molecule is Cc1ccnc(-c2ccc(C(N)=O)c(C)c2)c1. The summed E-state index contributed by atoms with van der Waals surface area (Å²) in [6.45, 7) is 3.90. The fourth-order valence-electron chi connectivity index (χ4n) is 1.79. The maximum absolute atomic E-state index is 11.1. The number of benzene rings is 1. The Morgan fingerprint density at radius 2 is 1.94 bits per heavy atom. The maximum Gasteiger partial charge on any atom is 0.248 e. The summed E-state index contributed by atoms with van der Waals surface area (Å²) in [5.41, 5.74) is 9.77. The third-order valence-corrected chi connectivity index (χ3v) is 2.70. The maximum atomic E-state index is 11.1. The van der Waals surface area contributed by atoms with Gasteiger partial charge in [0.05, 0.1) is 5.69 Å². The highest BCUT2D eigenvalue weighted by Crippen LogP contribution is 2.20. The number of primary amides is 1. The lowest BCUT2D eigenvalue weighted by Crippen LogP contribution is -2.12. The second-order valence-electron chi connectivity index (χ2n) is 4.11. The Hall–Kier alpha value is -2.16. The van der Waals surface area contributed by atoms with E-state index in [0.717, 1.165) is 22.4 Å². The molecule has 1 amide bonds. The molecule has 2 aromatic rings. The van der Waals surface area contributed by atoms with Crippen LogP contribution in [0.25, 0.3) is 11.3 Å². The van der Waals surface area contributed by atoms with Crippen molar-refractivity contribution in [2.45, 2.75) is 13.8 Å². The summed E-state index contributed by atoms with van der Waals surface area (Å²) in [4.78, 5) is 15.4. The summed E-state index contributed by atoms with van der Waals surface area (Å²) in [5.74, 6) is -0.397. The number of nitrogens with two attached hydrogens (primary N) is 1. The zero-order valence-electron chi connectivity index (χ0n) is 9.90. The average Bonchev–Trinajstić information content (AvgIpc) is 2.28. The van der Waals surface area contributed by atoms with Gasteiger partial charge in [-0.1, -0.05) is 6.07 Å². The number of carbonyl (C=O) groups excluding carboxylic acids is 1. The smallest absolute Gasteiger partial charge is 0.248 e. The number of amides is 1. The van der Waals surface area contributed by atoms with E-state index >= 15 is 0 Å². The summed E-state index contributed by atoms with van der Waals surface area (Å²) in [5, 5.41) is 0. The molecule has 17 heavy (non-hydrogen) atoms. The van der Waals surface area contributed by atoms with Crippen LogP contribution in [0, 0.1) is 13.8 Å². The molecular formula is C14H14N2O. The summed E-state index contributed by atoms with van der Waals surface area (Å²) < 4.78 is 0. The summed E-state index contributed by atoms with van der Waals surface area (Å²) in [6.07, 6.45) is 1.78. The van der Waals surface area contributed by atoms with Crippen LogP contribution >= 0.6 is 0 Å². The van der Waals surface area contributed by atoms with Gasteiger partial charge < -0.3 is 5.73 Å². The highest BCUT2D eigenvalue weighted by atomic mass is 16.1. The van der Waals surface area contributed by atoms with Crippen molar-refractivity contribution in [3.63, 3.8) is 0 Å². The quantitative estimate of drug-likeness (QED) is 0.855. The second-order valence-corrected chi connectivity index (χ2v) is 4.11. The molecule has 0 saturated heterocycles. The summed E-state index contributed by atoms with van der Waals surface area (Å²) in [7, 11) is 0. The third kappa shape index (κ3) is 2.33. The van der Waals surface area contributed by atoms with Crippen LogP contribution < -0.4 is 5.73 Å². The van der Waals surface area contributed by atoms with Gasteiger partial charge in [0.1, 0.15) is 0 Å². The second kappa shape index (κ2) is 4.37. The summed E-state index contributed by atoms with van der Waals surface area (Å²) >= 11 is 0. The third-order valence-electron chi connectivity index (χ3n) is 2.70. The Morgan fingerprint density at radius 3 is 2.53 bits per heavy atom. The zero-order chi connectivity index (χ0) is 12.4. The van der Waals surface area contributed by atoms with E-state index in [-0.39, 0.29) is 0 Å². The Kier molecular flexibility index (Phi) is 2.91. The van der Waals surface area contributed by atoms with Crippen LogP contribution in [0.3, 0.4) is 0 Å². The normalized spacial score (nSPS) is 10.2. The van der Waals surface area contributed by atoms with Gasteiger partial charge in [0.2, 0.25) is 5.91 Å². The van der Waals surface area contributed by atoms with E-state index in [9.17, 15) is 4.79 Å². The number of nitrogens with zero attached hydrogens (tertiary/aromatic N) is 1. The predicted octanol–water partition coefficient (Wildman–Crippen LogP) is 2.46. The van der Waals surface area contributed by atoms with Gasteiger partial charge >= 0.3 is 0 Å². The Bertz CT molecular complexity index is 576. The molecule has 3 nitrogen and oxygen atoms in total. The lowest BCUT2D eigenvalue weighted by atomic mass is 10.0. The highest BCUT2D eigenvalue weighted by Gasteiger charge is 2.07. The minimum Gasteiger partial charge on any atom is -0.366 e. The van der Waals surface area contributed by atoms with Gasteiger partial charge in [-0.15, -0.1) is 0 Å². The molecule has 0 fully saturated rings. The molecule has 2 N–H and O–H groups in total. The van der Waals surface area contributed by atoms with Crippen molar-refractivity contribution < 1.29 is 4.79 Å². The van der Waals surface area contributed by atoms with Gasteiger partial charge in [0, 0.05) is 17.3 Å². The van der Waals surface area contributed by atoms with Crippen molar-refractivity contribution >= 4 is 5.91 Å². The molecular weight excluding hydrogens is 212 g/mol. The number of aryl methyl sites for hydroxylation is 2. The van der Waals surface area contributed by atoms with Crippen LogP contribution in [0.4, 0.5) is 0 Å². The predicted molar refractivity (Wildman–Crippen MR) is 67.7 cm³/mol. The number of carbonyl (C=O) groups is 1. The van der Waals surface area contributed by atoms with Gasteiger partial charge in [0.15, 0.2) is 0 Å². The fourth-order valence-corrected chi connectivity index (χ4v) is 1.79. The first-order valence-corrected chi connectivity index (χ1v) is 5.41. The molecule has 2 rings (SSSR count). The molecule has 0 unspecified atom stereocenters. The van der Waals surface area contributed by atoms with Gasteiger partial charge in [-0.3, -0.25) is 9.78 Å².